The van der Waals surface area contributed by atoms with Gasteiger partial charge in [0.1, 0.15) is 17.3 Å². The number of fused-ring (bicyclic) bond motifs is 8. The highest BCUT2D eigenvalue weighted by atomic mass is 35.5. The highest BCUT2D eigenvalue weighted by molar-refractivity contribution is 6.36. The van der Waals surface area contributed by atoms with Gasteiger partial charge < -0.3 is 49.6 Å². The number of amides is 6. The van der Waals surface area contributed by atoms with E-state index >= 15 is 4.79 Å². The van der Waals surface area contributed by atoms with E-state index in [9.17, 15) is 37.5 Å². The molecule has 24 heteroatoms. The molecule has 2 saturated heterocycles. The monoisotopic (exact) mass is 1200 g/mol. The van der Waals surface area contributed by atoms with Crippen LogP contribution in [0.1, 0.15) is 79.3 Å². The molecule has 2 fully saturated rings. The number of nitrogens with one attached hydrogen (secondary N) is 3. The van der Waals surface area contributed by atoms with Gasteiger partial charge in [0.15, 0.2) is 6.10 Å². The SMILES string of the molecule is CC(C)(CN1Cc2c(cc(Cl)c3[nH]ccc23)C[C@@H](CC(=O)N2CCC(O)(c3cc(Cl)nc4[nH]ccc34)CC2)C1=O)Cn1ncc2c3c(cc(Cl)c21)C[C@@H](OC(=O)N1CCC(N2CCc4ccccc4NC2=O)CC1)C(=O)N(CC(F)(F)F)C3. The predicted octanol–water partition coefficient (Wildman–Crippen LogP) is 9.99. The van der Waals surface area contributed by atoms with Gasteiger partial charge in [-0.3, -0.25) is 19.1 Å². The Morgan fingerprint density at radius 3 is 2.23 bits per heavy atom. The summed E-state index contributed by atoms with van der Waals surface area (Å²) in [5.74, 6) is -2.22. The molecule has 5 aliphatic heterocycles. The zero-order valence-corrected chi connectivity index (χ0v) is 47.9. The fourth-order valence-electron chi connectivity index (χ4n) is 13.3. The van der Waals surface area contributed by atoms with Crippen LogP contribution in [-0.2, 0) is 63.6 Å². The van der Waals surface area contributed by atoms with Gasteiger partial charge in [0.05, 0.1) is 38.8 Å². The standard InChI is InChI=1S/C59H61Cl3F3N11O7/c1-57(2,30-73-28-41-34(22-44(60)50-38(41)7-14-66-50)21-36(53(73)78)25-49(77)71-19-12-58(82,13-20-71)43-26-48(62)70-52-39(43)8-15-67-52)31-76-51-40(27-68-76)42-29-74(32-59(63,64)65)54(79)47(24-35(42)23-45(51)61)83-56(81)72-16-10-37(11-17-72)75-18-9-33-5-3-4-6-46(33)69-55(75)80/h3-8,14-15,22-23,26-27,36-37,47,66,82H,9-13,16-21,24-25,28-32H2,1-2H3,(H,67,70)(H,69,80)/t36-,47+/m0/s1. The summed E-state index contributed by atoms with van der Waals surface area (Å²) in [5, 5.41) is 22.6. The topological polar surface area (TPSA) is 205 Å². The number of carbonyl (C=O) groups is 5. The number of piperidine rings is 2. The third-order valence-electron chi connectivity index (χ3n) is 17.4. The fraction of sp³-hybridized carbons (Fsp3) is 0.441. The van der Waals surface area contributed by atoms with Crippen LogP contribution >= 0.6 is 34.8 Å². The molecule has 4 N–H and O–H groups in total. The Morgan fingerprint density at radius 2 is 1.47 bits per heavy atom. The van der Waals surface area contributed by atoms with Crippen LogP contribution in [0.2, 0.25) is 15.2 Å². The van der Waals surface area contributed by atoms with Crippen LogP contribution in [0.4, 0.5) is 28.4 Å². The Hall–Kier alpha value is -7.07. The number of nitrogens with zero attached hydrogens (tertiary/aromatic N) is 8. The lowest BCUT2D eigenvalue weighted by Gasteiger charge is -2.39. The number of rotatable bonds is 10. The lowest BCUT2D eigenvalue weighted by atomic mass is 9.83. The highest BCUT2D eigenvalue weighted by Crippen LogP contribution is 2.41. The number of alkyl halides is 3. The summed E-state index contributed by atoms with van der Waals surface area (Å²) < 4.78 is 50.5. The van der Waals surface area contributed by atoms with Crippen LogP contribution in [0.5, 0.6) is 0 Å². The second-order valence-corrected chi connectivity index (χ2v) is 24.8. The number of aliphatic hydroxyl groups is 1. The predicted molar refractivity (Wildman–Crippen MR) is 306 cm³/mol. The molecule has 0 bridgehead atoms. The van der Waals surface area contributed by atoms with E-state index < -0.39 is 54.3 Å². The molecule has 6 amide bonds. The fourth-order valence-corrected chi connectivity index (χ4v) is 14.1. The number of likely N-dealkylation sites (tertiary alicyclic amines) is 2. The molecule has 0 saturated carbocycles. The van der Waals surface area contributed by atoms with E-state index in [4.69, 9.17) is 44.6 Å². The van der Waals surface area contributed by atoms with E-state index in [1.165, 1.54) is 11.1 Å². The number of para-hydroxylation sites is 1. The van der Waals surface area contributed by atoms with Crippen molar-refractivity contribution in [2.24, 2.45) is 11.3 Å². The van der Waals surface area contributed by atoms with Gasteiger partial charge in [-0.15, -0.1) is 0 Å². The first-order chi connectivity index (χ1) is 39.6. The average molecular weight is 1200 g/mol. The molecular formula is C59H61Cl3F3N11O7. The van der Waals surface area contributed by atoms with E-state index in [-0.39, 0.29) is 112 Å². The minimum absolute atomic E-state index is 0.0902. The number of hydrogen-bond acceptors (Lipinski definition) is 9. The van der Waals surface area contributed by atoms with Crippen molar-refractivity contribution in [3.05, 3.63) is 122 Å². The number of anilines is 1. The molecule has 12 rings (SSSR count). The lowest BCUT2D eigenvalue weighted by Crippen LogP contribution is -2.51. The second-order valence-electron chi connectivity index (χ2n) is 23.6. The summed E-state index contributed by atoms with van der Waals surface area (Å²) in [7, 11) is 0. The Labute approximate surface area is 490 Å². The van der Waals surface area contributed by atoms with Crippen LogP contribution in [0, 0.1) is 11.3 Å². The maximum Gasteiger partial charge on any atom is 0.410 e. The zero-order valence-electron chi connectivity index (χ0n) is 45.6. The first kappa shape index (κ1) is 56.4. The molecule has 4 aromatic heterocycles. The largest absolute Gasteiger partial charge is 0.436 e. The summed E-state index contributed by atoms with van der Waals surface area (Å²) >= 11 is 20.3. The Kier molecular flexibility index (Phi) is 14.8. The number of H-pyrrole nitrogens is 2. The van der Waals surface area contributed by atoms with Gasteiger partial charge in [-0.2, -0.15) is 18.3 Å². The molecule has 0 aliphatic carbocycles. The van der Waals surface area contributed by atoms with E-state index in [1.54, 1.807) is 43.9 Å². The quantitative estimate of drug-likeness (QED) is 0.0961. The molecule has 7 aromatic rings. The van der Waals surface area contributed by atoms with Crippen molar-refractivity contribution in [1.29, 1.82) is 0 Å². The van der Waals surface area contributed by atoms with E-state index in [2.05, 4.69) is 20.3 Å². The van der Waals surface area contributed by atoms with Crippen molar-refractivity contribution < 1.29 is 47.0 Å². The normalized spacial score (nSPS) is 20.1. The van der Waals surface area contributed by atoms with E-state index in [0.29, 0.717) is 69.0 Å². The number of benzene rings is 3. The van der Waals surface area contributed by atoms with Gasteiger partial charge >= 0.3 is 18.3 Å². The van der Waals surface area contributed by atoms with Crippen molar-refractivity contribution >= 4 is 103 Å². The summed E-state index contributed by atoms with van der Waals surface area (Å²) in [6.45, 7) is 3.83. The first-order valence-corrected chi connectivity index (χ1v) is 29.0. The molecule has 0 radical (unpaired) electrons. The molecule has 0 unspecified atom stereocenters. The van der Waals surface area contributed by atoms with Gasteiger partial charge in [0.2, 0.25) is 11.8 Å². The second kappa shape index (κ2) is 21.8. The molecule has 9 heterocycles. The first-order valence-electron chi connectivity index (χ1n) is 27.9. The Bertz CT molecular complexity index is 3740. The molecule has 18 nitrogen and oxygen atoms in total. The van der Waals surface area contributed by atoms with Gasteiger partial charge in [0.25, 0.3) is 5.91 Å². The number of carbonyl (C=O) groups excluding carboxylic acids is 5. The number of pyridine rings is 1. The molecule has 3 aromatic carbocycles. The van der Waals surface area contributed by atoms with Gasteiger partial charge in [-0.25, -0.2) is 14.6 Å². The van der Waals surface area contributed by atoms with Crippen molar-refractivity contribution in [2.75, 3.05) is 51.1 Å². The van der Waals surface area contributed by atoms with E-state index in [0.717, 1.165) is 38.7 Å². The lowest BCUT2D eigenvalue weighted by molar-refractivity contribution is -0.167. The maximum atomic E-state index is 15.1. The molecule has 83 heavy (non-hydrogen) atoms. The van der Waals surface area contributed by atoms with Gasteiger partial charge in [-0.1, -0.05) is 66.8 Å². The van der Waals surface area contributed by atoms with Gasteiger partial charge in [-0.05, 0) is 108 Å². The number of urea groups is 1. The Balaban J connectivity index is 0.756. The van der Waals surface area contributed by atoms with Crippen LogP contribution in [0.3, 0.4) is 0 Å². The average Bonchev–Trinajstić information content (AvgIpc) is 3.88. The van der Waals surface area contributed by atoms with E-state index in [1.807, 2.05) is 56.3 Å². The number of ether oxygens (including phenoxy) is 1. The third kappa shape index (κ3) is 11.2. The minimum Gasteiger partial charge on any atom is -0.436 e. The number of halogens is 6. The van der Waals surface area contributed by atoms with Gasteiger partial charge in [0, 0.05) is 117 Å². The molecular weight excluding hydrogens is 1140 g/mol. The van der Waals surface area contributed by atoms with Crippen LogP contribution in [-0.4, -0.2) is 148 Å². The van der Waals surface area contributed by atoms with Crippen molar-refractivity contribution in [3.8, 4) is 0 Å². The van der Waals surface area contributed by atoms with Crippen LogP contribution in [0.25, 0.3) is 32.8 Å². The van der Waals surface area contributed by atoms with Crippen molar-refractivity contribution in [3.63, 3.8) is 0 Å². The van der Waals surface area contributed by atoms with Crippen LogP contribution < -0.4 is 5.32 Å². The number of aromatic amines is 2. The molecule has 5 aliphatic rings. The summed E-state index contributed by atoms with van der Waals surface area (Å²) in [4.78, 5) is 88.6. The summed E-state index contributed by atoms with van der Waals surface area (Å²) in [6, 6.07) is 16.1. The minimum atomic E-state index is -4.79. The number of aromatic nitrogens is 5. The molecule has 436 valence electrons. The maximum absolute atomic E-state index is 15.1. The number of hydrogen-bond donors (Lipinski definition) is 4. The smallest absolute Gasteiger partial charge is 0.410 e. The highest BCUT2D eigenvalue weighted by Gasteiger charge is 2.44. The van der Waals surface area contributed by atoms with Crippen molar-refractivity contribution in [2.45, 2.75) is 109 Å². The molecule has 2 atom stereocenters. The third-order valence-corrected chi connectivity index (χ3v) is 18.2. The molecule has 0 spiro atoms. The Morgan fingerprint density at radius 1 is 0.783 bits per heavy atom. The zero-order chi connectivity index (χ0) is 58.3. The summed E-state index contributed by atoms with van der Waals surface area (Å²) in [5.41, 5.74) is 4.64. The van der Waals surface area contributed by atoms with Crippen molar-refractivity contribution in [1.82, 2.24) is 49.2 Å². The van der Waals surface area contributed by atoms with Crippen LogP contribution in [0.15, 0.2) is 73.2 Å². The summed E-state index contributed by atoms with van der Waals surface area (Å²) in [6.07, 6.45) is -0.264.